The van der Waals surface area contributed by atoms with Gasteiger partial charge in [0.15, 0.2) is 6.10 Å². The average molecular weight is 724 g/mol. The number of amides is 5. The Labute approximate surface area is 308 Å². The minimum atomic E-state index is -1.40. The number of aliphatic hydroxyl groups is 1. The summed E-state index contributed by atoms with van der Waals surface area (Å²) in [6.07, 6.45) is 9.31. The van der Waals surface area contributed by atoms with Crippen LogP contribution in [0.25, 0.3) is 0 Å². The number of hydrogen-bond acceptors (Lipinski definition) is 7. The van der Waals surface area contributed by atoms with Crippen LogP contribution in [0, 0.1) is 17.3 Å². The van der Waals surface area contributed by atoms with Gasteiger partial charge in [-0.25, -0.2) is 4.79 Å². The number of aliphatic hydroxyl groups excluding tert-OH is 1. The van der Waals surface area contributed by atoms with E-state index in [4.69, 9.17) is 4.74 Å². The molecule has 12 nitrogen and oxygen atoms in total. The summed E-state index contributed by atoms with van der Waals surface area (Å²) >= 11 is 0. The molecule has 3 aliphatic carbocycles. The highest BCUT2D eigenvalue weighted by Crippen LogP contribution is 2.41. The molecule has 5 rings (SSSR count). The number of nitrogens with one attached hydrogen (secondary N) is 4. The SMILES string of the molecule is CCC[C@H](NC(=O)[C@@H]1C[C@@H]2CCCC[C@@H]2N1C(=O)[C@@H](NC(=O)[C@@H](NC(=O)OCc1ccccc1)C1CCCCC1)C(C)(C)C)C(O)C(=O)NC1CC1. The van der Waals surface area contributed by atoms with Gasteiger partial charge in [-0.15, -0.1) is 0 Å². The Morgan fingerprint density at radius 1 is 0.865 bits per heavy atom. The highest BCUT2D eigenvalue weighted by molar-refractivity contribution is 5.95. The third-order valence-electron chi connectivity index (χ3n) is 11.4. The number of nitrogens with zero attached hydrogens (tertiary/aromatic N) is 1. The van der Waals surface area contributed by atoms with Crippen LogP contribution in [0.1, 0.15) is 123 Å². The third kappa shape index (κ3) is 10.3. The Balaban J connectivity index is 1.34. The monoisotopic (exact) mass is 723 g/mol. The van der Waals surface area contributed by atoms with Gasteiger partial charge in [0, 0.05) is 12.1 Å². The summed E-state index contributed by atoms with van der Waals surface area (Å²) in [4.78, 5) is 70.8. The fourth-order valence-electron chi connectivity index (χ4n) is 8.39. The van der Waals surface area contributed by atoms with Gasteiger partial charge in [-0.1, -0.05) is 96.6 Å². The Hall–Kier alpha value is -3.67. The van der Waals surface area contributed by atoms with E-state index >= 15 is 0 Å². The summed E-state index contributed by atoms with van der Waals surface area (Å²) < 4.78 is 5.51. The van der Waals surface area contributed by atoms with Gasteiger partial charge in [-0.3, -0.25) is 19.2 Å². The van der Waals surface area contributed by atoms with Gasteiger partial charge in [0.25, 0.3) is 5.91 Å². The topological polar surface area (TPSA) is 166 Å². The molecule has 1 aliphatic heterocycles. The van der Waals surface area contributed by atoms with Gasteiger partial charge < -0.3 is 36.0 Å². The fraction of sp³-hybridized carbons (Fsp3) is 0.725. The predicted octanol–water partition coefficient (Wildman–Crippen LogP) is 4.48. The number of rotatable bonds is 14. The summed E-state index contributed by atoms with van der Waals surface area (Å²) in [6, 6.07) is 5.78. The Kier molecular flexibility index (Phi) is 13.6. The quantitative estimate of drug-likeness (QED) is 0.189. The molecule has 288 valence electrons. The van der Waals surface area contributed by atoms with Gasteiger partial charge in [0.1, 0.15) is 24.7 Å². The molecule has 3 saturated carbocycles. The molecule has 0 radical (unpaired) electrons. The lowest BCUT2D eigenvalue weighted by atomic mass is 9.81. The van der Waals surface area contributed by atoms with Crippen LogP contribution < -0.4 is 21.3 Å². The van der Waals surface area contributed by atoms with Crippen molar-refractivity contribution in [1.29, 1.82) is 0 Å². The first kappa shape index (κ1) is 39.5. The number of ether oxygens (including phenoxy) is 1. The first-order valence-electron chi connectivity index (χ1n) is 19.8. The zero-order valence-electron chi connectivity index (χ0n) is 31.5. The molecular weight excluding hydrogens is 662 g/mol. The number of alkyl carbamates (subject to hydrolysis) is 1. The Morgan fingerprint density at radius 3 is 2.19 bits per heavy atom. The lowest BCUT2D eigenvalue weighted by Crippen LogP contribution is -2.63. The number of fused-ring (bicyclic) bond motifs is 1. The van der Waals surface area contributed by atoms with E-state index in [1.165, 1.54) is 0 Å². The number of likely N-dealkylation sites (tertiary alicyclic amines) is 1. The van der Waals surface area contributed by atoms with Crippen LogP contribution in [-0.4, -0.2) is 82.1 Å². The van der Waals surface area contributed by atoms with E-state index in [1.54, 1.807) is 4.90 Å². The summed E-state index contributed by atoms with van der Waals surface area (Å²) in [5.74, 6) is -1.63. The second kappa shape index (κ2) is 17.9. The molecule has 1 heterocycles. The first-order chi connectivity index (χ1) is 24.9. The third-order valence-corrected chi connectivity index (χ3v) is 11.4. The smallest absolute Gasteiger partial charge is 0.408 e. The van der Waals surface area contributed by atoms with E-state index in [-0.39, 0.29) is 42.3 Å². The summed E-state index contributed by atoms with van der Waals surface area (Å²) in [5, 5.41) is 22.7. The van der Waals surface area contributed by atoms with Crippen LogP contribution in [0.3, 0.4) is 0 Å². The second-order valence-corrected chi connectivity index (χ2v) is 16.6. The van der Waals surface area contributed by atoms with E-state index in [2.05, 4.69) is 21.3 Å². The van der Waals surface area contributed by atoms with Crippen LogP contribution in [0.5, 0.6) is 0 Å². The van der Waals surface area contributed by atoms with Crippen LogP contribution in [0.4, 0.5) is 4.79 Å². The van der Waals surface area contributed by atoms with Gasteiger partial charge in [0.05, 0.1) is 6.04 Å². The molecule has 5 amide bonds. The van der Waals surface area contributed by atoms with Crippen molar-refractivity contribution in [2.24, 2.45) is 17.3 Å². The van der Waals surface area contributed by atoms with Gasteiger partial charge in [0.2, 0.25) is 17.7 Å². The van der Waals surface area contributed by atoms with E-state index in [1.807, 2.05) is 58.0 Å². The number of carbonyl (C=O) groups is 5. The lowest BCUT2D eigenvalue weighted by Gasteiger charge is -2.40. The number of benzene rings is 1. The van der Waals surface area contributed by atoms with Crippen molar-refractivity contribution in [2.75, 3.05) is 0 Å². The van der Waals surface area contributed by atoms with Crippen LogP contribution in [0.15, 0.2) is 30.3 Å². The zero-order chi connectivity index (χ0) is 37.4. The van der Waals surface area contributed by atoms with Crippen LogP contribution in [-0.2, 0) is 30.5 Å². The molecule has 7 atom stereocenters. The maximum Gasteiger partial charge on any atom is 0.408 e. The summed E-state index contributed by atoms with van der Waals surface area (Å²) in [6.45, 7) is 7.67. The molecule has 4 fully saturated rings. The van der Waals surface area contributed by atoms with Gasteiger partial charge in [-0.2, -0.15) is 0 Å². The van der Waals surface area contributed by atoms with Crippen LogP contribution in [0.2, 0.25) is 0 Å². The molecule has 0 spiro atoms. The van der Waals surface area contributed by atoms with Crippen molar-refractivity contribution in [2.45, 2.75) is 167 Å². The maximum atomic E-state index is 14.9. The maximum absolute atomic E-state index is 14.9. The molecule has 0 aromatic heterocycles. The minimum absolute atomic E-state index is 0.0665. The molecule has 1 aromatic carbocycles. The number of carbonyl (C=O) groups excluding carboxylic acids is 5. The van der Waals surface area contributed by atoms with E-state index in [0.717, 1.165) is 76.2 Å². The number of hydrogen-bond donors (Lipinski definition) is 5. The highest BCUT2D eigenvalue weighted by Gasteiger charge is 2.51. The second-order valence-electron chi connectivity index (χ2n) is 16.6. The molecule has 5 N–H and O–H groups in total. The van der Waals surface area contributed by atoms with Crippen molar-refractivity contribution in [3.05, 3.63) is 35.9 Å². The summed E-state index contributed by atoms with van der Waals surface area (Å²) in [7, 11) is 0. The molecular formula is C40H61N5O7. The van der Waals surface area contributed by atoms with Crippen molar-refractivity contribution >= 4 is 29.7 Å². The Morgan fingerprint density at radius 2 is 1.54 bits per heavy atom. The largest absolute Gasteiger partial charge is 0.445 e. The molecule has 52 heavy (non-hydrogen) atoms. The zero-order valence-corrected chi connectivity index (χ0v) is 31.5. The minimum Gasteiger partial charge on any atom is -0.445 e. The first-order valence-corrected chi connectivity index (χ1v) is 19.8. The summed E-state index contributed by atoms with van der Waals surface area (Å²) in [5.41, 5.74) is 0.102. The van der Waals surface area contributed by atoms with Crippen molar-refractivity contribution < 1.29 is 33.8 Å². The highest BCUT2D eigenvalue weighted by atomic mass is 16.5. The average Bonchev–Trinajstić information content (AvgIpc) is 3.86. The van der Waals surface area contributed by atoms with Crippen molar-refractivity contribution in [3.63, 3.8) is 0 Å². The van der Waals surface area contributed by atoms with E-state index in [9.17, 15) is 29.1 Å². The molecule has 12 heteroatoms. The van der Waals surface area contributed by atoms with Gasteiger partial charge >= 0.3 is 6.09 Å². The standard InChI is InChI=1S/C40H61N5O7/c1-5-14-29(33(46)37(49)41-28-21-22-28)42-35(47)31-23-27-19-12-13-20-30(27)45(31)38(50)34(40(2,3)4)44-36(48)32(26-17-10-7-11-18-26)43-39(51)52-24-25-15-8-6-9-16-25/h6,8-9,15-16,26-34,46H,5,7,10-14,17-24H2,1-4H3,(H,41,49)(H,42,47)(H,43,51)(H,44,48)/t27-,29-,30-,31-,32-,33?,34+/m0/s1. The normalized spacial score (nSPS) is 24.4. The molecule has 1 saturated heterocycles. The van der Waals surface area contributed by atoms with Gasteiger partial charge in [-0.05, 0) is 74.2 Å². The Bertz CT molecular complexity index is 1390. The molecule has 1 unspecified atom stereocenters. The predicted molar refractivity (Wildman–Crippen MR) is 197 cm³/mol. The molecule has 0 bridgehead atoms. The lowest BCUT2D eigenvalue weighted by molar-refractivity contribution is -0.147. The van der Waals surface area contributed by atoms with Crippen molar-refractivity contribution in [3.8, 4) is 0 Å². The van der Waals surface area contributed by atoms with E-state index in [0.29, 0.717) is 19.3 Å². The molecule has 4 aliphatic rings. The van der Waals surface area contributed by atoms with Crippen molar-refractivity contribution in [1.82, 2.24) is 26.2 Å². The molecule has 1 aromatic rings. The van der Waals surface area contributed by atoms with Crippen LogP contribution >= 0.6 is 0 Å². The fourth-order valence-corrected chi connectivity index (χ4v) is 8.39. The van der Waals surface area contributed by atoms with E-state index < -0.39 is 53.6 Å².